The van der Waals surface area contributed by atoms with Crippen LogP contribution in [0.3, 0.4) is 0 Å². The highest BCUT2D eigenvalue weighted by molar-refractivity contribution is 6.31. The number of hydrogen-bond donors (Lipinski definition) is 3. The number of para-hydroxylation sites is 2. The fraction of sp³-hybridized carbons (Fsp3) is 0.160. The van der Waals surface area contributed by atoms with Crippen LogP contribution in [0.2, 0.25) is 5.02 Å². The lowest BCUT2D eigenvalue weighted by atomic mass is 10.1. The van der Waals surface area contributed by atoms with Crippen molar-refractivity contribution in [3.8, 4) is 0 Å². The standard InChI is InChI=1S/C25H27ClN4/c1-3-16-28-24-15-9-6-11-20(24)18(2)30-25(21-12-5-8-14-23(21)27)29-17-19-10-4-7-13-22(19)26/h4-15,28H,2-3,16-17,27H2,1H3,(H,29,30). The van der Waals surface area contributed by atoms with Crippen molar-refractivity contribution < 1.29 is 0 Å². The molecule has 4 nitrogen and oxygen atoms in total. The van der Waals surface area contributed by atoms with Crippen molar-refractivity contribution >= 4 is 34.5 Å². The van der Waals surface area contributed by atoms with Gasteiger partial charge in [-0.3, -0.25) is 4.99 Å². The molecule has 30 heavy (non-hydrogen) atoms. The number of rotatable bonds is 8. The van der Waals surface area contributed by atoms with Crippen LogP contribution in [0.4, 0.5) is 11.4 Å². The fourth-order valence-corrected chi connectivity index (χ4v) is 3.26. The lowest BCUT2D eigenvalue weighted by Gasteiger charge is -2.18. The third-order valence-corrected chi connectivity index (χ3v) is 5.04. The molecule has 3 rings (SSSR count). The zero-order valence-corrected chi connectivity index (χ0v) is 17.9. The third kappa shape index (κ3) is 5.43. The van der Waals surface area contributed by atoms with E-state index in [0.29, 0.717) is 23.1 Å². The van der Waals surface area contributed by atoms with Gasteiger partial charge in [0.05, 0.1) is 6.54 Å². The molecule has 0 unspecified atom stereocenters. The quantitative estimate of drug-likeness (QED) is 0.240. The molecule has 0 aliphatic rings. The summed E-state index contributed by atoms with van der Waals surface area (Å²) < 4.78 is 0. The first-order valence-corrected chi connectivity index (χ1v) is 10.4. The summed E-state index contributed by atoms with van der Waals surface area (Å²) >= 11 is 6.32. The van der Waals surface area contributed by atoms with Crippen LogP contribution in [0.1, 0.15) is 30.0 Å². The van der Waals surface area contributed by atoms with Gasteiger partial charge < -0.3 is 16.4 Å². The van der Waals surface area contributed by atoms with Crippen molar-refractivity contribution in [3.05, 3.63) is 101 Å². The molecule has 0 amide bonds. The van der Waals surface area contributed by atoms with Gasteiger partial charge in [-0.05, 0) is 36.2 Å². The number of aliphatic imine (C=N–C) groups is 1. The molecular formula is C25H27ClN4. The summed E-state index contributed by atoms with van der Waals surface area (Å²) in [5.74, 6) is 0.656. The molecule has 0 atom stereocenters. The zero-order valence-electron chi connectivity index (χ0n) is 17.2. The molecule has 0 saturated carbocycles. The summed E-state index contributed by atoms with van der Waals surface area (Å²) in [5, 5.41) is 7.53. The van der Waals surface area contributed by atoms with Gasteiger partial charge in [0.1, 0.15) is 5.84 Å². The Morgan fingerprint density at radius 3 is 2.37 bits per heavy atom. The van der Waals surface area contributed by atoms with E-state index >= 15 is 0 Å². The molecular weight excluding hydrogens is 392 g/mol. The minimum Gasteiger partial charge on any atom is -0.398 e. The second-order valence-electron chi connectivity index (χ2n) is 6.92. The van der Waals surface area contributed by atoms with Gasteiger partial charge in [-0.25, -0.2) is 0 Å². The first kappa shape index (κ1) is 21.5. The van der Waals surface area contributed by atoms with E-state index in [0.717, 1.165) is 41.0 Å². The summed E-state index contributed by atoms with van der Waals surface area (Å²) in [6.45, 7) is 7.72. The molecule has 0 radical (unpaired) electrons. The number of amidine groups is 1. The molecule has 0 fully saturated rings. The Bertz CT molecular complexity index is 1040. The van der Waals surface area contributed by atoms with Crippen LogP contribution in [-0.4, -0.2) is 12.4 Å². The molecule has 3 aromatic rings. The summed E-state index contributed by atoms with van der Waals surface area (Å²) in [5.41, 5.74) is 11.4. The van der Waals surface area contributed by atoms with Crippen molar-refractivity contribution in [2.45, 2.75) is 19.9 Å². The van der Waals surface area contributed by atoms with E-state index in [-0.39, 0.29) is 0 Å². The summed E-state index contributed by atoms with van der Waals surface area (Å²) in [6.07, 6.45) is 1.04. The number of nitrogens with one attached hydrogen (secondary N) is 2. The van der Waals surface area contributed by atoms with Crippen molar-refractivity contribution in [1.29, 1.82) is 0 Å². The summed E-state index contributed by atoms with van der Waals surface area (Å²) in [4.78, 5) is 4.80. The predicted molar refractivity (Wildman–Crippen MR) is 130 cm³/mol. The molecule has 154 valence electrons. The van der Waals surface area contributed by atoms with Crippen LogP contribution in [0, 0.1) is 0 Å². The first-order chi connectivity index (χ1) is 14.6. The van der Waals surface area contributed by atoms with Crippen molar-refractivity contribution in [2.75, 3.05) is 17.6 Å². The molecule has 4 N–H and O–H groups in total. The van der Waals surface area contributed by atoms with Crippen LogP contribution in [-0.2, 0) is 6.54 Å². The minimum absolute atomic E-state index is 0.430. The molecule has 0 heterocycles. The van der Waals surface area contributed by atoms with E-state index in [1.165, 1.54) is 0 Å². The average Bonchev–Trinajstić information content (AvgIpc) is 2.76. The third-order valence-electron chi connectivity index (χ3n) is 4.67. The van der Waals surface area contributed by atoms with Gasteiger partial charge >= 0.3 is 0 Å². The van der Waals surface area contributed by atoms with Crippen molar-refractivity contribution in [3.63, 3.8) is 0 Å². The summed E-state index contributed by atoms with van der Waals surface area (Å²) in [6, 6.07) is 23.4. The highest BCUT2D eigenvalue weighted by atomic mass is 35.5. The molecule has 0 aliphatic heterocycles. The lowest BCUT2D eigenvalue weighted by molar-refractivity contribution is 0.978. The number of nitrogens with zero attached hydrogens (tertiary/aromatic N) is 1. The molecule has 0 spiro atoms. The molecule has 0 bridgehead atoms. The van der Waals surface area contributed by atoms with Crippen LogP contribution >= 0.6 is 11.6 Å². The Morgan fingerprint density at radius 1 is 0.967 bits per heavy atom. The van der Waals surface area contributed by atoms with Gasteiger partial charge in [0.25, 0.3) is 0 Å². The van der Waals surface area contributed by atoms with Crippen LogP contribution < -0.4 is 16.4 Å². The topological polar surface area (TPSA) is 62.4 Å². The maximum absolute atomic E-state index is 6.32. The predicted octanol–water partition coefficient (Wildman–Crippen LogP) is 5.95. The monoisotopic (exact) mass is 418 g/mol. The van der Waals surface area contributed by atoms with E-state index in [2.05, 4.69) is 30.2 Å². The molecule has 0 aromatic heterocycles. The Kier molecular flexibility index (Phi) is 7.52. The van der Waals surface area contributed by atoms with Crippen molar-refractivity contribution in [1.82, 2.24) is 5.32 Å². The number of benzene rings is 3. The molecule has 5 heteroatoms. The molecule has 3 aromatic carbocycles. The van der Waals surface area contributed by atoms with Gasteiger partial charge in [-0.2, -0.15) is 0 Å². The second-order valence-corrected chi connectivity index (χ2v) is 7.33. The Labute approximate surface area is 183 Å². The van der Waals surface area contributed by atoms with Gasteiger partial charge in [0, 0.05) is 39.8 Å². The highest BCUT2D eigenvalue weighted by Gasteiger charge is 2.12. The van der Waals surface area contributed by atoms with Gasteiger partial charge in [0.15, 0.2) is 0 Å². The maximum Gasteiger partial charge on any atom is 0.135 e. The zero-order chi connectivity index (χ0) is 21.3. The van der Waals surface area contributed by atoms with Crippen molar-refractivity contribution in [2.24, 2.45) is 4.99 Å². The number of nitrogens with two attached hydrogens (primary N) is 1. The normalized spacial score (nSPS) is 11.2. The number of halogens is 1. The van der Waals surface area contributed by atoms with E-state index < -0.39 is 0 Å². The second kappa shape index (κ2) is 10.5. The largest absolute Gasteiger partial charge is 0.398 e. The summed E-state index contributed by atoms with van der Waals surface area (Å²) in [7, 11) is 0. The van der Waals surface area contributed by atoms with Crippen LogP contribution in [0.25, 0.3) is 5.70 Å². The Balaban J connectivity index is 1.92. The fourth-order valence-electron chi connectivity index (χ4n) is 3.07. The lowest BCUT2D eigenvalue weighted by Crippen LogP contribution is -2.24. The van der Waals surface area contributed by atoms with E-state index in [9.17, 15) is 0 Å². The van der Waals surface area contributed by atoms with Gasteiger partial charge in [-0.1, -0.05) is 73.6 Å². The first-order valence-electron chi connectivity index (χ1n) is 10.0. The van der Waals surface area contributed by atoms with E-state index in [1.54, 1.807) is 0 Å². The van der Waals surface area contributed by atoms with Gasteiger partial charge in [0.2, 0.25) is 0 Å². The molecule has 0 saturated heterocycles. The Morgan fingerprint density at radius 2 is 1.63 bits per heavy atom. The van der Waals surface area contributed by atoms with Gasteiger partial charge in [-0.15, -0.1) is 0 Å². The average molecular weight is 419 g/mol. The number of hydrogen-bond acceptors (Lipinski definition) is 3. The minimum atomic E-state index is 0.430. The van der Waals surface area contributed by atoms with E-state index in [4.69, 9.17) is 22.3 Å². The SMILES string of the molecule is C=C(NC(=NCc1ccccc1Cl)c1ccccc1N)c1ccccc1NCCC. The van der Waals surface area contributed by atoms with Crippen LogP contribution in [0.15, 0.2) is 84.4 Å². The smallest absolute Gasteiger partial charge is 0.135 e. The van der Waals surface area contributed by atoms with E-state index in [1.807, 2.05) is 66.7 Å². The highest BCUT2D eigenvalue weighted by Crippen LogP contribution is 2.23. The number of nitrogen functional groups attached to an aromatic ring is 1. The van der Waals surface area contributed by atoms with Crippen LogP contribution in [0.5, 0.6) is 0 Å². The Hall–Kier alpha value is -3.24. The maximum atomic E-state index is 6.32. The number of anilines is 2. The molecule has 0 aliphatic carbocycles.